The van der Waals surface area contributed by atoms with Crippen molar-refractivity contribution < 1.29 is 4.74 Å². The van der Waals surface area contributed by atoms with Crippen molar-refractivity contribution in [2.75, 3.05) is 13.7 Å². The average Bonchev–Trinajstić information content (AvgIpc) is 2.61. The largest absolute Gasteiger partial charge is 0.385 e. The van der Waals surface area contributed by atoms with E-state index in [1.807, 2.05) is 19.2 Å². The number of hydrogen-bond donors (Lipinski definition) is 0. The summed E-state index contributed by atoms with van der Waals surface area (Å²) in [6.07, 6.45) is 12.7. The molecule has 1 aromatic carbocycles. The van der Waals surface area contributed by atoms with Crippen LogP contribution >= 0.6 is 11.6 Å². The zero-order chi connectivity index (χ0) is 16.1. The van der Waals surface area contributed by atoms with Crippen LogP contribution in [0.25, 0.3) is 0 Å². The SMILES string of the molecule is COCC[C@H]1CC[C@H]([C@H]2CC[C@H](c3ccc(Cl)cc3)CC2)CC1. The maximum atomic E-state index is 6.01. The molecule has 2 fully saturated rings. The normalized spacial score (nSPS) is 31.9. The van der Waals surface area contributed by atoms with E-state index in [-0.39, 0.29) is 0 Å². The molecule has 0 radical (unpaired) electrons. The molecule has 0 aromatic heterocycles. The third kappa shape index (κ3) is 4.73. The second kappa shape index (κ2) is 8.53. The van der Waals surface area contributed by atoms with Crippen LogP contribution in [0.1, 0.15) is 69.3 Å². The molecule has 0 atom stereocenters. The van der Waals surface area contributed by atoms with Crippen molar-refractivity contribution in [3.8, 4) is 0 Å². The molecule has 2 saturated carbocycles. The van der Waals surface area contributed by atoms with E-state index in [2.05, 4.69) is 12.1 Å². The van der Waals surface area contributed by atoms with Gasteiger partial charge >= 0.3 is 0 Å². The summed E-state index contributed by atoms with van der Waals surface area (Å²) < 4.78 is 5.24. The predicted molar refractivity (Wildman–Crippen MR) is 98.1 cm³/mol. The summed E-state index contributed by atoms with van der Waals surface area (Å²) in [5.41, 5.74) is 1.50. The van der Waals surface area contributed by atoms with Crippen molar-refractivity contribution in [3.05, 3.63) is 34.9 Å². The fourth-order valence-corrected chi connectivity index (χ4v) is 5.02. The summed E-state index contributed by atoms with van der Waals surface area (Å²) in [6, 6.07) is 8.55. The minimum absolute atomic E-state index is 0.765. The molecule has 0 bridgehead atoms. The number of methoxy groups -OCH3 is 1. The van der Waals surface area contributed by atoms with Crippen LogP contribution in [0, 0.1) is 17.8 Å². The van der Waals surface area contributed by atoms with E-state index < -0.39 is 0 Å². The van der Waals surface area contributed by atoms with Crippen LogP contribution in [0.4, 0.5) is 0 Å². The van der Waals surface area contributed by atoms with E-state index in [1.165, 1.54) is 63.4 Å². The molecule has 2 aliphatic rings. The second-order valence-corrected chi connectivity index (χ2v) is 8.16. The van der Waals surface area contributed by atoms with Gasteiger partial charge in [0, 0.05) is 18.7 Å². The zero-order valence-corrected chi connectivity index (χ0v) is 15.2. The minimum Gasteiger partial charge on any atom is -0.385 e. The standard InChI is InChI=1S/C21H31ClO/c1-23-15-14-16-2-4-17(5-3-16)18-6-8-19(9-7-18)20-10-12-21(22)13-11-20/h10-13,16-19H,2-9,14-15H2,1H3/t16-,17-,18-,19-. The first kappa shape index (κ1) is 17.3. The lowest BCUT2D eigenvalue weighted by Crippen LogP contribution is -2.25. The summed E-state index contributed by atoms with van der Waals surface area (Å²) in [4.78, 5) is 0. The van der Waals surface area contributed by atoms with Gasteiger partial charge in [-0.25, -0.2) is 0 Å². The molecule has 1 aromatic rings. The van der Waals surface area contributed by atoms with E-state index in [9.17, 15) is 0 Å². The van der Waals surface area contributed by atoms with Crippen molar-refractivity contribution in [2.24, 2.45) is 17.8 Å². The molecule has 3 rings (SSSR count). The predicted octanol–water partition coefficient (Wildman–Crippen LogP) is 6.46. The van der Waals surface area contributed by atoms with Gasteiger partial charge in [-0.05, 0) is 86.3 Å². The summed E-state index contributed by atoms with van der Waals surface area (Å²) in [6.45, 7) is 0.946. The fraction of sp³-hybridized carbons (Fsp3) is 0.714. The summed E-state index contributed by atoms with van der Waals surface area (Å²) in [5, 5.41) is 0.854. The first-order chi connectivity index (χ1) is 11.3. The highest BCUT2D eigenvalue weighted by atomic mass is 35.5. The number of ether oxygens (including phenoxy) is 1. The lowest BCUT2D eigenvalue weighted by molar-refractivity contribution is 0.129. The van der Waals surface area contributed by atoms with Crippen LogP contribution in [0.5, 0.6) is 0 Å². The minimum atomic E-state index is 0.765. The molecule has 2 heteroatoms. The van der Waals surface area contributed by atoms with Crippen LogP contribution in [-0.2, 0) is 4.74 Å². The van der Waals surface area contributed by atoms with Gasteiger partial charge in [0.25, 0.3) is 0 Å². The Morgan fingerprint density at radius 3 is 2.00 bits per heavy atom. The summed E-state index contributed by atoms with van der Waals surface area (Å²) in [7, 11) is 1.82. The average molecular weight is 335 g/mol. The molecule has 0 N–H and O–H groups in total. The van der Waals surface area contributed by atoms with Crippen molar-refractivity contribution in [2.45, 2.75) is 63.7 Å². The molecular weight excluding hydrogens is 304 g/mol. The first-order valence-electron chi connectivity index (χ1n) is 9.50. The van der Waals surface area contributed by atoms with Crippen molar-refractivity contribution in [3.63, 3.8) is 0 Å². The lowest BCUT2D eigenvalue weighted by Gasteiger charge is -2.38. The maximum Gasteiger partial charge on any atom is 0.0464 e. The highest BCUT2D eigenvalue weighted by Gasteiger charge is 2.31. The van der Waals surface area contributed by atoms with Gasteiger partial charge in [0.2, 0.25) is 0 Å². The smallest absolute Gasteiger partial charge is 0.0464 e. The Hall–Kier alpha value is -0.530. The van der Waals surface area contributed by atoms with Gasteiger partial charge in [0.15, 0.2) is 0 Å². The molecule has 2 aliphatic carbocycles. The second-order valence-electron chi connectivity index (χ2n) is 7.73. The van der Waals surface area contributed by atoms with Crippen molar-refractivity contribution >= 4 is 11.6 Å². The van der Waals surface area contributed by atoms with Crippen molar-refractivity contribution in [1.82, 2.24) is 0 Å². The van der Waals surface area contributed by atoms with E-state index in [1.54, 1.807) is 0 Å². The number of benzene rings is 1. The van der Waals surface area contributed by atoms with Crippen LogP contribution < -0.4 is 0 Å². The van der Waals surface area contributed by atoms with E-state index >= 15 is 0 Å². The number of halogens is 1. The van der Waals surface area contributed by atoms with Crippen molar-refractivity contribution in [1.29, 1.82) is 0 Å². The van der Waals surface area contributed by atoms with Gasteiger partial charge in [0.05, 0.1) is 0 Å². The quantitative estimate of drug-likeness (QED) is 0.600. The molecule has 128 valence electrons. The Bertz CT molecular complexity index is 453. The monoisotopic (exact) mass is 334 g/mol. The third-order valence-electron chi connectivity index (χ3n) is 6.40. The molecule has 0 saturated heterocycles. The number of rotatable bonds is 5. The van der Waals surface area contributed by atoms with Gasteiger partial charge in [-0.2, -0.15) is 0 Å². The Balaban J connectivity index is 1.43. The number of hydrogen-bond acceptors (Lipinski definition) is 1. The highest BCUT2D eigenvalue weighted by Crippen LogP contribution is 2.44. The topological polar surface area (TPSA) is 9.23 Å². The van der Waals surface area contributed by atoms with Gasteiger partial charge < -0.3 is 4.74 Å². The van der Waals surface area contributed by atoms with Crippen LogP contribution in [0.3, 0.4) is 0 Å². The summed E-state index contributed by atoms with van der Waals surface area (Å²) in [5.74, 6) is 3.68. The van der Waals surface area contributed by atoms with Gasteiger partial charge in [-0.3, -0.25) is 0 Å². The highest BCUT2D eigenvalue weighted by molar-refractivity contribution is 6.30. The lowest BCUT2D eigenvalue weighted by atomic mass is 9.68. The van der Waals surface area contributed by atoms with Crippen LogP contribution in [0.15, 0.2) is 24.3 Å². The zero-order valence-electron chi connectivity index (χ0n) is 14.5. The van der Waals surface area contributed by atoms with Crippen LogP contribution in [0.2, 0.25) is 5.02 Å². The van der Waals surface area contributed by atoms with Gasteiger partial charge in [0.1, 0.15) is 0 Å². The Morgan fingerprint density at radius 1 is 0.870 bits per heavy atom. The molecule has 0 heterocycles. The van der Waals surface area contributed by atoms with E-state index in [0.29, 0.717) is 0 Å². The van der Waals surface area contributed by atoms with Gasteiger partial charge in [-0.1, -0.05) is 36.6 Å². The van der Waals surface area contributed by atoms with E-state index in [0.717, 1.165) is 35.3 Å². The molecular formula is C21H31ClO. The third-order valence-corrected chi connectivity index (χ3v) is 6.65. The molecule has 0 aliphatic heterocycles. The van der Waals surface area contributed by atoms with Gasteiger partial charge in [-0.15, -0.1) is 0 Å². The molecule has 0 unspecified atom stereocenters. The molecule has 0 spiro atoms. The fourth-order valence-electron chi connectivity index (χ4n) is 4.89. The maximum absolute atomic E-state index is 6.01. The molecule has 0 amide bonds. The molecule has 1 nitrogen and oxygen atoms in total. The Kier molecular flexibility index (Phi) is 6.42. The Morgan fingerprint density at radius 2 is 1.43 bits per heavy atom. The van der Waals surface area contributed by atoms with Crippen LogP contribution in [-0.4, -0.2) is 13.7 Å². The Labute approximate surface area is 146 Å². The molecule has 23 heavy (non-hydrogen) atoms. The van der Waals surface area contributed by atoms with E-state index in [4.69, 9.17) is 16.3 Å². The summed E-state index contributed by atoms with van der Waals surface area (Å²) >= 11 is 6.01. The first-order valence-corrected chi connectivity index (χ1v) is 9.88.